The Morgan fingerprint density at radius 2 is 1.67 bits per heavy atom. The van der Waals surface area contributed by atoms with E-state index in [1.807, 2.05) is 0 Å². The molecule has 0 aliphatic rings. The molecule has 0 saturated carbocycles. The van der Waals surface area contributed by atoms with Gasteiger partial charge in [0.15, 0.2) is 0 Å². The molecule has 0 heterocycles. The van der Waals surface area contributed by atoms with Gasteiger partial charge in [-0.05, 0) is 0 Å². The van der Waals surface area contributed by atoms with Crippen molar-refractivity contribution >= 4 is 0 Å². The Kier molecular flexibility index (Phi) is 45.3. The van der Waals surface area contributed by atoms with E-state index in [4.69, 9.17) is 10.2 Å². The SMILES string of the molecule is O.O[CH-]CO.[Zr]. The van der Waals surface area contributed by atoms with Crippen molar-refractivity contribution in [1.29, 1.82) is 0 Å². The fourth-order valence-electron chi connectivity index (χ4n) is 0. The Bertz CT molecular complexity index is 10.8. The fraction of sp³-hybridized carbons (Fsp3) is 0.500. The van der Waals surface area contributed by atoms with E-state index in [-0.39, 0.29) is 38.3 Å². The molecule has 0 fully saturated rings. The molecule has 0 aliphatic carbocycles. The third-order valence-electron chi connectivity index (χ3n) is 0.0816. The van der Waals surface area contributed by atoms with Crippen LogP contribution in [0.5, 0.6) is 0 Å². The molecule has 4 heteroatoms. The molecular weight excluding hydrogens is 163 g/mol. The summed E-state index contributed by atoms with van der Waals surface area (Å²) in [5.41, 5.74) is 0. The summed E-state index contributed by atoms with van der Waals surface area (Å²) in [6, 6.07) is 0. The van der Waals surface area contributed by atoms with Crippen molar-refractivity contribution in [2.45, 2.75) is 0 Å². The Morgan fingerprint density at radius 1 is 1.50 bits per heavy atom. The maximum Gasteiger partial charge on any atom is 0 e. The summed E-state index contributed by atoms with van der Waals surface area (Å²) < 4.78 is 0. The average Bonchev–Trinajstić information content (AvgIpc) is 1.37. The summed E-state index contributed by atoms with van der Waals surface area (Å²) >= 11 is 0. The van der Waals surface area contributed by atoms with Gasteiger partial charge in [0.2, 0.25) is 0 Å². The second-order valence-corrected chi connectivity index (χ2v) is 0.365. The molecule has 3 nitrogen and oxygen atoms in total. The van der Waals surface area contributed by atoms with Gasteiger partial charge in [0.25, 0.3) is 0 Å². The number of hydrogen-bond acceptors (Lipinski definition) is 2. The van der Waals surface area contributed by atoms with Crippen LogP contribution in [-0.4, -0.2) is 22.3 Å². The van der Waals surface area contributed by atoms with Gasteiger partial charge in [-0.25, -0.2) is 0 Å². The van der Waals surface area contributed by atoms with Gasteiger partial charge < -0.3 is 15.7 Å². The molecule has 0 saturated heterocycles. The Morgan fingerprint density at radius 3 is 1.67 bits per heavy atom. The third-order valence-corrected chi connectivity index (χ3v) is 0.0816. The Balaban J connectivity index is -0.0000000450. The molecule has 4 N–H and O–H groups in total. The predicted molar refractivity (Wildman–Crippen MR) is 16.9 cm³/mol. The molecule has 0 rings (SSSR count). The maximum atomic E-state index is 7.57. The molecule has 0 radical (unpaired) electrons. The van der Waals surface area contributed by atoms with Crippen LogP contribution in [0, 0.1) is 6.61 Å². The van der Waals surface area contributed by atoms with E-state index < -0.39 is 0 Å². The minimum Gasteiger partial charge on any atom is -0.564 e. The average molecular weight is 170 g/mol. The zero-order valence-corrected chi connectivity index (χ0v) is 5.64. The largest absolute Gasteiger partial charge is 0.564 e. The van der Waals surface area contributed by atoms with Crippen molar-refractivity contribution in [3.63, 3.8) is 0 Å². The second-order valence-electron chi connectivity index (χ2n) is 0.365. The van der Waals surface area contributed by atoms with Gasteiger partial charge in [0.05, 0.1) is 0 Å². The second kappa shape index (κ2) is 17.1. The van der Waals surface area contributed by atoms with Gasteiger partial charge in [-0.3, -0.25) is 0 Å². The molecule has 0 bridgehead atoms. The van der Waals surface area contributed by atoms with E-state index in [1.54, 1.807) is 0 Å². The van der Waals surface area contributed by atoms with Crippen LogP contribution in [0.2, 0.25) is 0 Å². The molecular formula is C2H7O3Zr-. The van der Waals surface area contributed by atoms with Gasteiger partial charge in [-0.1, -0.05) is 6.61 Å². The molecule has 0 aromatic carbocycles. The topological polar surface area (TPSA) is 72.0 Å². The summed E-state index contributed by atoms with van der Waals surface area (Å²) in [5, 5.41) is 15.1. The first-order chi connectivity index (χ1) is 1.91. The first-order valence-corrected chi connectivity index (χ1v) is 0.983. The Labute approximate surface area is 55.4 Å². The van der Waals surface area contributed by atoms with Crippen LogP contribution >= 0.6 is 0 Å². The third kappa shape index (κ3) is 21.7. The van der Waals surface area contributed by atoms with Crippen LogP contribution in [0.1, 0.15) is 0 Å². The number of aliphatic hydroxyl groups excluding tert-OH is 2. The summed E-state index contributed by atoms with van der Waals surface area (Å²) in [6.07, 6.45) is 0. The summed E-state index contributed by atoms with van der Waals surface area (Å²) in [5.74, 6) is 0. The Hall–Kier alpha value is 0.763. The molecule has 0 amide bonds. The molecule has 0 unspecified atom stereocenters. The minimum absolute atomic E-state index is 0. The van der Waals surface area contributed by atoms with E-state index in [2.05, 4.69) is 0 Å². The summed E-state index contributed by atoms with van der Waals surface area (Å²) in [6.45, 7) is 0.431. The van der Waals surface area contributed by atoms with Crippen LogP contribution in [0.25, 0.3) is 0 Å². The molecule has 6 heavy (non-hydrogen) atoms. The van der Waals surface area contributed by atoms with Gasteiger partial charge in [-0.15, -0.1) is 0 Å². The number of rotatable bonds is 1. The van der Waals surface area contributed by atoms with E-state index >= 15 is 0 Å². The number of aliphatic hydroxyl groups is 2. The van der Waals surface area contributed by atoms with Crippen LogP contribution in [0.4, 0.5) is 0 Å². The van der Waals surface area contributed by atoms with E-state index in [1.165, 1.54) is 0 Å². The van der Waals surface area contributed by atoms with Crippen LogP contribution in [0.15, 0.2) is 0 Å². The first-order valence-electron chi connectivity index (χ1n) is 0.983. The molecule has 38 valence electrons. The van der Waals surface area contributed by atoms with E-state index in [0.717, 1.165) is 0 Å². The van der Waals surface area contributed by atoms with Crippen molar-refractivity contribution in [1.82, 2.24) is 0 Å². The van der Waals surface area contributed by atoms with E-state index in [9.17, 15) is 0 Å². The van der Waals surface area contributed by atoms with Crippen molar-refractivity contribution in [3.05, 3.63) is 6.61 Å². The maximum absolute atomic E-state index is 7.57. The fourth-order valence-corrected chi connectivity index (χ4v) is 0. The van der Waals surface area contributed by atoms with Gasteiger partial charge in [0, 0.05) is 26.2 Å². The molecule has 0 atom stereocenters. The smallest absolute Gasteiger partial charge is 0 e. The monoisotopic (exact) mass is 169 g/mol. The van der Waals surface area contributed by atoms with Crippen molar-refractivity contribution in [2.75, 3.05) is 6.61 Å². The molecule has 0 aromatic heterocycles. The van der Waals surface area contributed by atoms with Crippen LogP contribution in [-0.2, 0) is 26.2 Å². The van der Waals surface area contributed by atoms with Gasteiger partial charge >= 0.3 is 0 Å². The molecule has 0 aromatic rings. The van der Waals surface area contributed by atoms with Crippen molar-refractivity contribution in [2.24, 2.45) is 0 Å². The summed E-state index contributed by atoms with van der Waals surface area (Å²) in [7, 11) is 0. The van der Waals surface area contributed by atoms with Crippen molar-refractivity contribution in [3.8, 4) is 0 Å². The van der Waals surface area contributed by atoms with E-state index in [0.29, 0.717) is 6.61 Å². The summed E-state index contributed by atoms with van der Waals surface area (Å²) in [4.78, 5) is 0. The molecule has 0 spiro atoms. The standard InChI is InChI=1S/C2H5O2.H2O.Zr/c3-1-2-4;;/h1,3-4H,2H2;1H2;/q-1;;. The first kappa shape index (κ1) is 15.9. The van der Waals surface area contributed by atoms with Gasteiger partial charge in [-0.2, -0.15) is 6.61 Å². The van der Waals surface area contributed by atoms with Crippen molar-refractivity contribution < 1.29 is 41.9 Å². The zero-order valence-electron chi connectivity index (χ0n) is 3.18. The van der Waals surface area contributed by atoms with Crippen LogP contribution in [0.3, 0.4) is 0 Å². The molecule has 0 aliphatic heterocycles. The van der Waals surface area contributed by atoms with Gasteiger partial charge in [0.1, 0.15) is 0 Å². The quantitative estimate of drug-likeness (QED) is 0.479. The zero-order chi connectivity index (χ0) is 3.41. The van der Waals surface area contributed by atoms with Crippen LogP contribution < -0.4 is 0 Å². The normalized spacial score (nSPS) is 5.00. The minimum atomic E-state index is -0.250. The number of hydrogen-bond donors (Lipinski definition) is 2. The predicted octanol–water partition coefficient (Wildman–Crippen LogP) is -1.31.